The monoisotopic (exact) mass is 1040 g/mol. The first-order chi connectivity index (χ1) is 34.1. The number of anilines is 1. The van der Waals surface area contributed by atoms with Crippen LogP contribution in [-0.4, -0.2) is 96.9 Å². The van der Waals surface area contributed by atoms with Gasteiger partial charge in [-0.05, 0) is 76.7 Å². The molecule has 402 valence electrons. The number of carbonyl (C=O) groups excluding carboxylic acids is 2. The molecule has 0 radical (unpaired) electrons. The molecule has 0 aromatic carbocycles. The van der Waals surface area contributed by atoms with E-state index in [1.807, 2.05) is 18.2 Å². The molecule has 21 heteroatoms. The first-order valence-corrected chi connectivity index (χ1v) is 28.0. The van der Waals surface area contributed by atoms with E-state index < -0.39 is 89.8 Å². The Kier molecular flexibility index (Phi) is 33.7. The maximum absolute atomic E-state index is 12.9. The second kappa shape index (κ2) is 37.8. The van der Waals surface area contributed by atoms with Gasteiger partial charge in [-0.15, -0.1) is 0 Å². The van der Waals surface area contributed by atoms with Crippen molar-refractivity contribution in [3.63, 3.8) is 0 Å². The molecular formula is C50H81N3O16P2. The lowest BCUT2D eigenvalue weighted by molar-refractivity contribution is -0.161. The fourth-order valence-electron chi connectivity index (χ4n) is 6.98. The minimum absolute atomic E-state index is 0.0728. The molecule has 3 unspecified atom stereocenters. The van der Waals surface area contributed by atoms with Gasteiger partial charge in [0.15, 0.2) is 12.3 Å². The number of aromatic nitrogens is 2. The van der Waals surface area contributed by atoms with Gasteiger partial charge < -0.3 is 45.1 Å². The van der Waals surface area contributed by atoms with Crippen molar-refractivity contribution >= 4 is 33.4 Å². The Morgan fingerprint density at radius 2 is 1.35 bits per heavy atom. The summed E-state index contributed by atoms with van der Waals surface area (Å²) in [5, 5.41) is 31.3. The van der Waals surface area contributed by atoms with Gasteiger partial charge in [-0.2, -0.15) is 9.29 Å². The molecule has 0 bridgehead atoms. The number of phosphoric acid groups is 2. The second-order valence-corrected chi connectivity index (χ2v) is 20.2. The third-order valence-electron chi connectivity index (χ3n) is 10.9. The molecule has 0 aliphatic carbocycles. The summed E-state index contributed by atoms with van der Waals surface area (Å²) in [7, 11) is -10.9. The molecule has 7 N–H and O–H groups in total. The van der Waals surface area contributed by atoms with Crippen LogP contribution in [0.1, 0.15) is 155 Å². The number of phosphoric ester groups is 2. The van der Waals surface area contributed by atoms with Crippen molar-refractivity contribution in [1.82, 2.24) is 9.55 Å². The van der Waals surface area contributed by atoms with Crippen molar-refractivity contribution in [1.29, 1.82) is 0 Å². The minimum atomic E-state index is -5.48. The first-order valence-electron chi connectivity index (χ1n) is 25.1. The van der Waals surface area contributed by atoms with Gasteiger partial charge in [0.1, 0.15) is 30.7 Å². The zero-order valence-corrected chi connectivity index (χ0v) is 43.4. The summed E-state index contributed by atoms with van der Waals surface area (Å²) in [6, 6.07) is 1.23. The van der Waals surface area contributed by atoms with Gasteiger partial charge in [0.25, 0.3) is 0 Å². The largest absolute Gasteiger partial charge is 0.481 e. The highest BCUT2D eigenvalue weighted by atomic mass is 31.3. The molecule has 1 aliphatic heterocycles. The summed E-state index contributed by atoms with van der Waals surface area (Å²) >= 11 is 0. The summed E-state index contributed by atoms with van der Waals surface area (Å²) in [6.45, 7) is 1.83. The summed E-state index contributed by atoms with van der Waals surface area (Å²) in [6.07, 6.45) is 34.4. The molecule has 71 heavy (non-hydrogen) atoms. The highest BCUT2D eigenvalue weighted by molar-refractivity contribution is 7.61. The summed E-state index contributed by atoms with van der Waals surface area (Å²) in [5.74, 6) is -1.53. The smallest absolute Gasteiger partial charge is 0.462 e. The number of unbranched alkanes of at least 4 members (excludes halogenated alkanes) is 11. The van der Waals surface area contributed by atoms with Crippen molar-refractivity contribution in [2.75, 3.05) is 25.6 Å². The Hall–Kier alpha value is -3.84. The lowest BCUT2D eigenvalue weighted by atomic mass is 10.1. The zero-order chi connectivity index (χ0) is 52.2. The van der Waals surface area contributed by atoms with Crippen LogP contribution in [0.4, 0.5) is 5.82 Å². The molecule has 19 nitrogen and oxygen atoms in total. The molecule has 1 saturated heterocycles. The van der Waals surface area contributed by atoms with Crippen molar-refractivity contribution in [3.05, 3.63) is 95.7 Å². The molecule has 1 aromatic heterocycles. The van der Waals surface area contributed by atoms with Crippen molar-refractivity contribution in [2.45, 2.75) is 185 Å². The highest BCUT2D eigenvalue weighted by Crippen LogP contribution is 2.60. The average molecular weight is 1040 g/mol. The van der Waals surface area contributed by atoms with Crippen LogP contribution in [-0.2, 0) is 46.3 Å². The standard InChI is InChI=1S/C50H81N3O16P2/c1-3-5-7-9-11-13-15-17-18-20-22-24-26-28-30-34-45(55)64-38-42(67-46(56)35-31-33-41(54)32-29-27-25-23-21-19-16-14-12-10-8-6-4-2)39-65-70(60,61)69-71(62,63)66-40-43-47(57)48(58)49(68-43)53-37-36-44(51)52-50(53)59/h6,8,12,14,17-19,21,25,27,29,32,36-37,41-43,47-49,54,57-58H,3-5,7,9-11,13,15-16,20,22-24,26,28,30-31,33-35,38-40H2,1-2H3,(H,60,61)(H,62,63)(H2,51,52,59)/b8-6-,14-12-,18-17-,21-19-,27-25-,32-29+/t41?,42-,43-,47-,48-,49-/m1/s1. The van der Waals surface area contributed by atoms with E-state index in [-0.39, 0.29) is 31.5 Å². The molecule has 8 atom stereocenters. The normalized spacial score (nSPS) is 20.2. The Morgan fingerprint density at radius 3 is 2.00 bits per heavy atom. The number of nitrogens with two attached hydrogens (primary N) is 1. The van der Waals surface area contributed by atoms with Crippen LogP contribution in [0.2, 0.25) is 0 Å². The first kappa shape index (κ1) is 63.3. The lowest BCUT2D eigenvalue weighted by Crippen LogP contribution is -2.36. The SMILES string of the molecule is CC/C=C\C/C=C\C/C=C\C/C=C\C=C\C(O)CCCC(=O)O[C@H](COC(=O)CCCCCCC/C=C\CCCCCCCC)COP(=O)(O)OP(=O)(O)OC[C@H]1O[C@@H](n2ccc(N)nc2=O)[C@H](O)[C@@H]1O. The van der Waals surface area contributed by atoms with Crippen LogP contribution >= 0.6 is 15.6 Å². The second-order valence-electron chi connectivity index (χ2n) is 17.1. The van der Waals surface area contributed by atoms with Crippen LogP contribution in [0.25, 0.3) is 0 Å². The van der Waals surface area contributed by atoms with Crippen LogP contribution in [0, 0.1) is 0 Å². The minimum Gasteiger partial charge on any atom is -0.462 e. The van der Waals surface area contributed by atoms with Crippen LogP contribution in [0.5, 0.6) is 0 Å². The summed E-state index contributed by atoms with van der Waals surface area (Å²) in [5.41, 5.74) is 4.57. The average Bonchev–Trinajstić information content (AvgIpc) is 3.60. The van der Waals surface area contributed by atoms with E-state index >= 15 is 0 Å². The van der Waals surface area contributed by atoms with Gasteiger partial charge >= 0.3 is 33.3 Å². The van der Waals surface area contributed by atoms with Crippen LogP contribution in [0.15, 0.2) is 90.0 Å². The van der Waals surface area contributed by atoms with E-state index in [1.54, 1.807) is 12.2 Å². The quantitative estimate of drug-likeness (QED) is 0.0117. The zero-order valence-electron chi connectivity index (χ0n) is 41.6. The number of ether oxygens (including phenoxy) is 3. The van der Waals surface area contributed by atoms with Crippen molar-refractivity contribution in [2.24, 2.45) is 0 Å². The molecular weight excluding hydrogens is 961 g/mol. The maximum atomic E-state index is 12.9. The number of esters is 2. The molecule has 1 fully saturated rings. The number of rotatable bonds is 40. The van der Waals surface area contributed by atoms with Gasteiger partial charge in [-0.3, -0.25) is 23.2 Å². The van der Waals surface area contributed by atoms with Gasteiger partial charge in [0.2, 0.25) is 0 Å². The molecule has 2 heterocycles. The Morgan fingerprint density at radius 1 is 0.761 bits per heavy atom. The number of nitrogen functional groups attached to an aromatic ring is 1. The van der Waals surface area contributed by atoms with Crippen LogP contribution in [0.3, 0.4) is 0 Å². The number of aliphatic hydroxyl groups is 3. The molecule has 1 aromatic rings. The van der Waals surface area contributed by atoms with Gasteiger partial charge in [0.05, 0.1) is 19.3 Å². The van der Waals surface area contributed by atoms with Crippen molar-refractivity contribution in [3.8, 4) is 0 Å². The predicted octanol–water partition coefficient (Wildman–Crippen LogP) is 9.08. The van der Waals surface area contributed by atoms with Gasteiger partial charge in [-0.1, -0.05) is 138 Å². The topological polar surface area (TPSA) is 286 Å². The third kappa shape index (κ3) is 30.7. The molecule has 0 saturated carbocycles. The number of nitrogens with zero attached hydrogens (tertiary/aromatic N) is 2. The number of aliphatic hydroxyl groups excluding tert-OH is 3. The molecule has 2 rings (SSSR count). The fraction of sp³-hybridized carbons (Fsp3) is 0.640. The fourth-order valence-corrected chi connectivity index (χ4v) is 9.09. The Bertz CT molecular complexity index is 1990. The van der Waals surface area contributed by atoms with E-state index in [4.69, 9.17) is 29.0 Å². The Balaban J connectivity index is 1.87. The van der Waals surface area contributed by atoms with E-state index in [2.05, 4.69) is 65.7 Å². The van der Waals surface area contributed by atoms with E-state index in [9.17, 15) is 48.6 Å². The van der Waals surface area contributed by atoms with E-state index in [0.717, 1.165) is 75.0 Å². The van der Waals surface area contributed by atoms with Crippen LogP contribution < -0.4 is 11.4 Å². The predicted molar refractivity (Wildman–Crippen MR) is 271 cm³/mol. The highest BCUT2D eigenvalue weighted by Gasteiger charge is 2.46. The number of hydrogen-bond donors (Lipinski definition) is 6. The van der Waals surface area contributed by atoms with Gasteiger partial charge in [0, 0.05) is 19.0 Å². The molecule has 0 spiro atoms. The number of allylic oxidation sites excluding steroid dienone is 11. The van der Waals surface area contributed by atoms with E-state index in [0.29, 0.717) is 6.42 Å². The molecule has 0 amide bonds. The summed E-state index contributed by atoms with van der Waals surface area (Å²) in [4.78, 5) is 61.9. The number of hydrogen-bond acceptors (Lipinski definition) is 16. The third-order valence-corrected chi connectivity index (χ3v) is 13.5. The molecule has 1 aliphatic rings. The summed E-state index contributed by atoms with van der Waals surface area (Å²) < 4.78 is 56.6. The van der Waals surface area contributed by atoms with Gasteiger partial charge in [-0.25, -0.2) is 13.9 Å². The number of carbonyl (C=O) groups is 2. The van der Waals surface area contributed by atoms with Crippen molar-refractivity contribution < 1.29 is 71.4 Å². The maximum Gasteiger partial charge on any atom is 0.481 e. The Labute approximate surface area is 419 Å². The lowest BCUT2D eigenvalue weighted by Gasteiger charge is -2.21. The van der Waals surface area contributed by atoms with E-state index in [1.165, 1.54) is 44.6 Å².